The summed E-state index contributed by atoms with van der Waals surface area (Å²) in [6.45, 7) is 1.53. The summed E-state index contributed by atoms with van der Waals surface area (Å²) in [6.07, 6.45) is 6.67. The molecule has 0 saturated carbocycles. The maximum atomic E-state index is 12.0. The van der Waals surface area contributed by atoms with Crippen LogP contribution in [0.5, 0.6) is 0 Å². The molecular weight excluding hydrogens is 250 g/mol. The number of terminal acetylenes is 1. The number of carbonyl (C=O) groups is 3. The standard InChI is InChI=1S/C12H17N3O4/c1-3-5-8(4-2)14-12(19)15-7-10(16)13-6-9(15)11(17)18/h2,8-9H,3,5-7H2,1H3,(H,13,16)(H,14,19)(H,17,18). The summed E-state index contributed by atoms with van der Waals surface area (Å²) in [4.78, 5) is 35.3. The number of piperazine rings is 1. The van der Waals surface area contributed by atoms with Gasteiger partial charge in [0.2, 0.25) is 5.91 Å². The number of nitrogens with one attached hydrogen (secondary N) is 2. The van der Waals surface area contributed by atoms with Gasteiger partial charge in [-0.1, -0.05) is 19.3 Å². The molecule has 3 N–H and O–H groups in total. The predicted molar refractivity (Wildman–Crippen MR) is 67.2 cm³/mol. The Bertz CT molecular complexity index is 416. The number of carboxylic acids is 1. The van der Waals surface area contributed by atoms with Crippen molar-refractivity contribution in [3.05, 3.63) is 0 Å². The van der Waals surface area contributed by atoms with E-state index in [2.05, 4.69) is 16.6 Å². The van der Waals surface area contributed by atoms with Gasteiger partial charge in [0.25, 0.3) is 0 Å². The fourth-order valence-corrected chi connectivity index (χ4v) is 1.79. The Hall–Kier alpha value is -2.23. The Morgan fingerprint density at radius 2 is 2.37 bits per heavy atom. The van der Waals surface area contributed by atoms with Gasteiger partial charge in [0.1, 0.15) is 12.6 Å². The number of carboxylic acid groups (broad SMARTS) is 1. The molecule has 0 spiro atoms. The van der Waals surface area contributed by atoms with E-state index < -0.39 is 24.1 Å². The van der Waals surface area contributed by atoms with Crippen molar-refractivity contribution < 1.29 is 19.5 Å². The molecular formula is C12H17N3O4. The van der Waals surface area contributed by atoms with Gasteiger partial charge in [-0.05, 0) is 6.42 Å². The highest BCUT2D eigenvalue weighted by Gasteiger charge is 2.35. The van der Waals surface area contributed by atoms with Gasteiger partial charge >= 0.3 is 12.0 Å². The third-order valence-electron chi connectivity index (χ3n) is 2.80. The van der Waals surface area contributed by atoms with Crippen LogP contribution in [-0.4, -0.2) is 53.1 Å². The molecule has 7 heteroatoms. The molecule has 1 heterocycles. The van der Waals surface area contributed by atoms with Crippen molar-refractivity contribution in [1.82, 2.24) is 15.5 Å². The molecule has 1 saturated heterocycles. The van der Waals surface area contributed by atoms with Crippen molar-refractivity contribution in [2.45, 2.75) is 31.8 Å². The van der Waals surface area contributed by atoms with Gasteiger partial charge in [-0.25, -0.2) is 9.59 Å². The zero-order chi connectivity index (χ0) is 14.4. The van der Waals surface area contributed by atoms with E-state index in [0.717, 1.165) is 11.3 Å². The van der Waals surface area contributed by atoms with Crippen LogP contribution >= 0.6 is 0 Å². The molecule has 1 rings (SSSR count). The van der Waals surface area contributed by atoms with E-state index >= 15 is 0 Å². The van der Waals surface area contributed by atoms with Gasteiger partial charge in [0, 0.05) is 6.54 Å². The first-order chi connectivity index (χ1) is 8.99. The van der Waals surface area contributed by atoms with Gasteiger partial charge in [-0.2, -0.15) is 0 Å². The van der Waals surface area contributed by atoms with Gasteiger partial charge in [-0.3, -0.25) is 9.69 Å². The monoisotopic (exact) mass is 267 g/mol. The van der Waals surface area contributed by atoms with E-state index in [1.165, 1.54) is 0 Å². The summed E-state index contributed by atoms with van der Waals surface area (Å²) in [5.74, 6) is 0.869. The summed E-state index contributed by atoms with van der Waals surface area (Å²) in [6, 6.07) is -2.16. The van der Waals surface area contributed by atoms with Gasteiger partial charge < -0.3 is 15.7 Å². The van der Waals surface area contributed by atoms with Crippen LogP contribution in [0, 0.1) is 12.3 Å². The van der Waals surface area contributed by atoms with Crippen LogP contribution in [0.1, 0.15) is 19.8 Å². The van der Waals surface area contributed by atoms with Crippen LogP contribution in [0.4, 0.5) is 4.79 Å². The number of nitrogens with zero attached hydrogens (tertiary/aromatic N) is 1. The first kappa shape index (κ1) is 14.8. The van der Waals surface area contributed by atoms with E-state index in [1.54, 1.807) is 0 Å². The molecule has 0 aromatic carbocycles. The third kappa shape index (κ3) is 3.88. The average Bonchev–Trinajstić information content (AvgIpc) is 2.37. The van der Waals surface area contributed by atoms with Crippen molar-refractivity contribution >= 4 is 17.9 Å². The maximum absolute atomic E-state index is 12.0. The molecule has 0 aromatic rings. The number of hydrogen-bond acceptors (Lipinski definition) is 3. The van der Waals surface area contributed by atoms with E-state index in [9.17, 15) is 14.4 Å². The lowest BCUT2D eigenvalue weighted by molar-refractivity contribution is -0.144. The second-order valence-corrected chi connectivity index (χ2v) is 4.24. The summed E-state index contributed by atoms with van der Waals surface area (Å²) in [5.41, 5.74) is 0. The SMILES string of the molecule is C#CC(CCC)NC(=O)N1CC(=O)NCC1C(=O)O. The lowest BCUT2D eigenvalue weighted by atomic mass is 10.1. The van der Waals surface area contributed by atoms with Gasteiger partial charge in [-0.15, -0.1) is 6.42 Å². The molecule has 1 aliphatic heterocycles. The average molecular weight is 267 g/mol. The molecule has 0 aliphatic carbocycles. The molecule has 104 valence electrons. The van der Waals surface area contributed by atoms with Crippen molar-refractivity contribution in [3.8, 4) is 12.3 Å². The quantitative estimate of drug-likeness (QED) is 0.591. The molecule has 19 heavy (non-hydrogen) atoms. The Morgan fingerprint density at radius 3 is 2.89 bits per heavy atom. The molecule has 0 bridgehead atoms. The second-order valence-electron chi connectivity index (χ2n) is 4.24. The van der Waals surface area contributed by atoms with Gasteiger partial charge in [0.15, 0.2) is 0 Å². The highest BCUT2D eigenvalue weighted by molar-refractivity contribution is 5.90. The molecule has 0 radical (unpaired) electrons. The van der Waals surface area contributed by atoms with Crippen molar-refractivity contribution in [2.24, 2.45) is 0 Å². The van der Waals surface area contributed by atoms with E-state index in [0.29, 0.717) is 6.42 Å². The van der Waals surface area contributed by atoms with Crippen LogP contribution < -0.4 is 10.6 Å². The molecule has 1 fully saturated rings. The fraction of sp³-hybridized carbons (Fsp3) is 0.583. The van der Waals surface area contributed by atoms with Crippen LogP contribution in [0.2, 0.25) is 0 Å². The van der Waals surface area contributed by atoms with Crippen LogP contribution in [0.3, 0.4) is 0 Å². The van der Waals surface area contributed by atoms with Crippen molar-refractivity contribution in [3.63, 3.8) is 0 Å². The number of urea groups is 1. The Morgan fingerprint density at radius 1 is 1.68 bits per heavy atom. The Kier molecular flexibility index (Phi) is 5.18. The van der Waals surface area contributed by atoms with Crippen LogP contribution in [0.15, 0.2) is 0 Å². The minimum absolute atomic E-state index is 0.101. The topological polar surface area (TPSA) is 98.7 Å². The first-order valence-electron chi connectivity index (χ1n) is 6.02. The van der Waals surface area contributed by atoms with Crippen molar-refractivity contribution in [1.29, 1.82) is 0 Å². The minimum atomic E-state index is -1.16. The lowest BCUT2D eigenvalue weighted by Crippen LogP contribution is -2.62. The number of hydrogen-bond donors (Lipinski definition) is 3. The zero-order valence-electron chi connectivity index (χ0n) is 10.7. The number of aliphatic carboxylic acids is 1. The summed E-state index contributed by atoms with van der Waals surface area (Å²) in [7, 11) is 0. The Labute approximate surface area is 111 Å². The van der Waals surface area contributed by atoms with Crippen molar-refractivity contribution in [2.75, 3.05) is 13.1 Å². The molecule has 1 aliphatic rings. The molecule has 2 atom stereocenters. The van der Waals surface area contributed by atoms with E-state index in [1.807, 2.05) is 6.92 Å². The summed E-state index contributed by atoms with van der Waals surface area (Å²) >= 11 is 0. The minimum Gasteiger partial charge on any atom is -0.480 e. The van der Waals surface area contributed by atoms with Crippen LogP contribution in [-0.2, 0) is 9.59 Å². The Balaban J connectivity index is 2.73. The lowest BCUT2D eigenvalue weighted by Gasteiger charge is -2.33. The zero-order valence-corrected chi connectivity index (χ0v) is 10.7. The second kappa shape index (κ2) is 6.64. The number of rotatable bonds is 4. The number of carbonyl (C=O) groups excluding carboxylic acids is 2. The normalized spacial score (nSPS) is 20.1. The van der Waals surface area contributed by atoms with E-state index in [-0.39, 0.29) is 19.0 Å². The smallest absolute Gasteiger partial charge is 0.328 e. The molecule has 0 aromatic heterocycles. The highest BCUT2D eigenvalue weighted by atomic mass is 16.4. The summed E-state index contributed by atoms with van der Waals surface area (Å²) < 4.78 is 0. The third-order valence-corrected chi connectivity index (χ3v) is 2.80. The molecule has 2 unspecified atom stereocenters. The highest BCUT2D eigenvalue weighted by Crippen LogP contribution is 2.06. The largest absolute Gasteiger partial charge is 0.480 e. The fourth-order valence-electron chi connectivity index (χ4n) is 1.79. The first-order valence-corrected chi connectivity index (χ1v) is 6.02. The number of amides is 3. The molecule has 3 amide bonds. The van der Waals surface area contributed by atoms with E-state index in [4.69, 9.17) is 11.5 Å². The predicted octanol–water partition coefficient (Wildman–Crippen LogP) is -0.617. The van der Waals surface area contributed by atoms with Gasteiger partial charge in [0.05, 0.1) is 6.04 Å². The molecule has 7 nitrogen and oxygen atoms in total. The summed E-state index contributed by atoms with van der Waals surface area (Å²) in [5, 5.41) is 14.0. The maximum Gasteiger partial charge on any atom is 0.328 e. The van der Waals surface area contributed by atoms with Crippen LogP contribution in [0.25, 0.3) is 0 Å².